The molecule has 0 saturated carbocycles. The molecule has 0 saturated heterocycles. The molecule has 0 atom stereocenters. The number of aryl methyl sites for hydroxylation is 4. The van der Waals surface area contributed by atoms with Crippen molar-refractivity contribution in [1.82, 2.24) is 4.57 Å². The van der Waals surface area contributed by atoms with Crippen molar-refractivity contribution in [2.75, 3.05) is 9.80 Å². The molecular formula is C90H92BN3. The predicted molar refractivity (Wildman–Crippen MR) is 408 cm³/mol. The van der Waals surface area contributed by atoms with E-state index in [0.717, 1.165) is 57.1 Å². The summed E-state index contributed by atoms with van der Waals surface area (Å²) in [6, 6.07) is 90.5. The van der Waals surface area contributed by atoms with Crippen LogP contribution in [0.3, 0.4) is 0 Å². The molecule has 12 aromatic rings. The van der Waals surface area contributed by atoms with Gasteiger partial charge in [0, 0.05) is 61.5 Å². The average molecular weight is 1230 g/mol. The Morgan fingerprint density at radius 3 is 1.02 bits per heavy atom. The van der Waals surface area contributed by atoms with Crippen LogP contribution in [0.25, 0.3) is 72.0 Å². The van der Waals surface area contributed by atoms with Crippen molar-refractivity contribution in [3.05, 3.63) is 264 Å². The Kier molecular flexibility index (Phi) is 17.2. The number of benzene rings is 11. The van der Waals surface area contributed by atoms with Gasteiger partial charge < -0.3 is 14.4 Å². The van der Waals surface area contributed by atoms with Gasteiger partial charge in [-0.05, 0) is 213 Å². The van der Waals surface area contributed by atoms with Gasteiger partial charge in [0.2, 0.25) is 0 Å². The van der Waals surface area contributed by atoms with E-state index in [9.17, 15) is 0 Å². The summed E-state index contributed by atoms with van der Waals surface area (Å²) in [5, 5.41) is 2.67. The molecule has 1 aromatic heterocycles. The second kappa shape index (κ2) is 26.0. The highest BCUT2D eigenvalue weighted by Gasteiger charge is 2.46. The van der Waals surface area contributed by atoms with E-state index in [0.29, 0.717) is 0 Å². The molecule has 11 aromatic carbocycles. The van der Waals surface area contributed by atoms with Crippen LogP contribution in [0.5, 0.6) is 0 Å². The number of hydrogen-bond acceptors (Lipinski definition) is 2. The van der Waals surface area contributed by atoms with E-state index < -0.39 is 0 Å². The molecule has 2 aliphatic heterocycles. The molecular weight excluding hydrogens is 1130 g/mol. The number of anilines is 6. The highest BCUT2D eigenvalue weighted by molar-refractivity contribution is 7.00. The van der Waals surface area contributed by atoms with Gasteiger partial charge in [-0.1, -0.05) is 247 Å². The summed E-state index contributed by atoms with van der Waals surface area (Å²) in [7, 11) is 0. The summed E-state index contributed by atoms with van der Waals surface area (Å²) >= 11 is 0. The second-order valence-electron chi connectivity index (χ2n) is 29.0. The number of hydrogen-bond donors (Lipinski definition) is 0. The minimum atomic E-state index is -0.151. The monoisotopic (exact) mass is 1230 g/mol. The van der Waals surface area contributed by atoms with Gasteiger partial charge in [-0.3, -0.25) is 0 Å². The molecule has 0 spiro atoms. The molecule has 3 heterocycles. The third-order valence-corrected chi connectivity index (χ3v) is 20.3. The fourth-order valence-corrected chi connectivity index (χ4v) is 15.2. The predicted octanol–water partition coefficient (Wildman–Crippen LogP) is 23.5. The Morgan fingerprint density at radius 2 is 0.649 bits per heavy atom. The quantitative estimate of drug-likeness (QED) is 0.0748. The van der Waals surface area contributed by atoms with Crippen molar-refractivity contribution in [3.63, 3.8) is 0 Å². The first-order valence-corrected chi connectivity index (χ1v) is 35.4. The molecule has 0 radical (unpaired) electrons. The number of nitrogens with zero attached hydrogens (tertiary/aromatic N) is 3. The van der Waals surface area contributed by atoms with Crippen LogP contribution in [0.2, 0.25) is 0 Å². The van der Waals surface area contributed by atoms with Crippen LogP contribution in [0, 0.1) is 0 Å². The van der Waals surface area contributed by atoms with E-state index in [-0.39, 0.29) is 17.5 Å². The molecule has 2 aliphatic rings. The van der Waals surface area contributed by atoms with Crippen molar-refractivity contribution in [1.29, 1.82) is 0 Å². The van der Waals surface area contributed by atoms with Crippen LogP contribution in [-0.2, 0) is 36.5 Å². The van der Waals surface area contributed by atoms with Crippen molar-refractivity contribution in [2.24, 2.45) is 0 Å². The van der Waals surface area contributed by atoms with E-state index >= 15 is 0 Å². The number of fused-ring (bicyclic) bond motifs is 7. The summed E-state index contributed by atoms with van der Waals surface area (Å²) < 4.78 is 2.60. The molecule has 14 rings (SSSR count). The zero-order valence-electron chi connectivity index (χ0n) is 57.3. The lowest BCUT2D eigenvalue weighted by atomic mass is 9.33. The van der Waals surface area contributed by atoms with Crippen molar-refractivity contribution < 1.29 is 0 Å². The summed E-state index contributed by atoms with van der Waals surface area (Å²) in [6.07, 6.45) is 13.2. The minimum absolute atomic E-state index is 0.110. The molecule has 0 aliphatic carbocycles. The van der Waals surface area contributed by atoms with Crippen LogP contribution in [-0.4, -0.2) is 11.3 Å². The van der Waals surface area contributed by atoms with Gasteiger partial charge in [-0.15, -0.1) is 0 Å². The fourth-order valence-electron chi connectivity index (χ4n) is 15.2. The fraction of sp³-hybridized carbons (Fsp3) is 0.267. The Bertz CT molecular complexity index is 4550. The maximum atomic E-state index is 2.78. The van der Waals surface area contributed by atoms with Gasteiger partial charge >= 0.3 is 0 Å². The zero-order valence-corrected chi connectivity index (χ0v) is 57.3. The summed E-state index contributed by atoms with van der Waals surface area (Å²) in [6.45, 7) is 23.4. The smallest absolute Gasteiger partial charge is 0.252 e. The van der Waals surface area contributed by atoms with Crippen LogP contribution >= 0.6 is 0 Å². The topological polar surface area (TPSA) is 11.4 Å². The molecule has 94 heavy (non-hydrogen) atoms. The van der Waals surface area contributed by atoms with E-state index in [1.807, 2.05) is 0 Å². The molecule has 0 amide bonds. The average Bonchev–Trinajstić information content (AvgIpc) is 0.776. The highest BCUT2D eigenvalue weighted by atomic mass is 15.2. The number of aromatic nitrogens is 1. The molecule has 470 valence electrons. The van der Waals surface area contributed by atoms with E-state index in [4.69, 9.17) is 0 Å². The van der Waals surface area contributed by atoms with E-state index in [1.54, 1.807) is 0 Å². The van der Waals surface area contributed by atoms with Crippen LogP contribution in [0.4, 0.5) is 34.1 Å². The maximum absolute atomic E-state index is 2.78. The summed E-state index contributed by atoms with van der Waals surface area (Å²) in [5.41, 5.74) is 32.6. The van der Waals surface area contributed by atoms with Crippen molar-refractivity contribution >= 4 is 79.0 Å². The largest absolute Gasteiger partial charge is 0.310 e. The lowest BCUT2D eigenvalue weighted by Gasteiger charge is -2.46. The first kappa shape index (κ1) is 62.3. The van der Waals surface area contributed by atoms with Gasteiger partial charge in [-0.2, -0.15) is 0 Å². The normalized spacial score (nSPS) is 12.8. The first-order chi connectivity index (χ1) is 45.7. The molecule has 3 nitrogen and oxygen atoms in total. The molecule has 0 fully saturated rings. The number of unbranched alkanes of at least 4 members (excludes halogenated alkanes) is 4. The van der Waals surface area contributed by atoms with Crippen molar-refractivity contribution in [3.8, 4) is 50.2 Å². The van der Waals surface area contributed by atoms with Crippen LogP contribution < -0.4 is 26.2 Å². The molecule has 0 N–H and O–H groups in total. The standard InChI is InChI=1S/C90H92BN3/c1-11-15-31-61-44-49-80-76(51-61)77-52-62(32-16-12-2)45-50-81(77)92(80)71-46-48-79-83(60-71)94(88-74(67-39-27-21-28-40-67)58-70(90(8,9)10)59-75(88)68-41-29-22-30-42-68)85-55-64(34-18-14-4)54-84-86(85)91(79)78-47-43-63(33-17-13-3)53-82(78)93(84)87-72(65-35-23-19-24-36-65)56-69(89(5,6)7)57-73(87)66-37-25-20-26-38-66/h19-30,35-60H,11-18,31-34H2,1-10H3. The lowest BCUT2D eigenvalue weighted by molar-refractivity contribution is 0.590. The third-order valence-electron chi connectivity index (χ3n) is 20.3. The van der Waals surface area contributed by atoms with Crippen LogP contribution in [0.1, 0.15) is 154 Å². The number of rotatable bonds is 19. The molecule has 4 heteroatoms. The molecule has 0 bridgehead atoms. The molecule has 0 unspecified atom stereocenters. The Hall–Kier alpha value is -9.12. The van der Waals surface area contributed by atoms with Gasteiger partial charge in [0.05, 0.1) is 22.4 Å². The van der Waals surface area contributed by atoms with Gasteiger partial charge in [-0.25, -0.2) is 0 Å². The van der Waals surface area contributed by atoms with Gasteiger partial charge in [0.1, 0.15) is 0 Å². The Morgan fingerprint density at radius 1 is 0.319 bits per heavy atom. The highest BCUT2D eigenvalue weighted by Crippen LogP contribution is 2.55. The SMILES string of the molecule is CCCCc1ccc2c(c1)N(c1c(-c3ccccc3)cc(C(C)(C)C)cc1-c1ccccc1)c1cc(CCCC)cc3c1B2c1ccc(-n2c4ccc(CCCC)cc4c4cc(CCCC)ccc42)cc1N3c1c(-c2ccccc2)cc(C(C)(C)C)cc1-c1ccccc1. The van der Waals surface area contributed by atoms with E-state index in [2.05, 4.69) is 314 Å². The van der Waals surface area contributed by atoms with Gasteiger partial charge in [0.15, 0.2) is 0 Å². The summed E-state index contributed by atoms with van der Waals surface area (Å²) in [5.74, 6) is 0. The third kappa shape index (κ3) is 11.6. The second-order valence-corrected chi connectivity index (χ2v) is 29.0. The van der Waals surface area contributed by atoms with Crippen molar-refractivity contribution in [2.45, 2.75) is 157 Å². The maximum Gasteiger partial charge on any atom is 0.252 e. The van der Waals surface area contributed by atoms with Gasteiger partial charge in [0.25, 0.3) is 6.71 Å². The lowest BCUT2D eigenvalue weighted by Crippen LogP contribution is -2.61. The zero-order chi connectivity index (χ0) is 64.8. The first-order valence-electron chi connectivity index (χ1n) is 35.4. The Labute approximate surface area is 561 Å². The Balaban J connectivity index is 1.16. The minimum Gasteiger partial charge on any atom is -0.310 e. The summed E-state index contributed by atoms with van der Waals surface area (Å²) in [4.78, 5) is 5.54. The van der Waals surface area contributed by atoms with Crippen LogP contribution in [0.15, 0.2) is 231 Å². The van der Waals surface area contributed by atoms with E-state index in [1.165, 1.54) is 176 Å².